The SMILES string of the molecule is CC1=Cc2[nH]ncc2C(/C(C(C)=NC2CC3(CCCN3C(=O)/N=C/N=C(C)N)CC2=O)=C(/N)c2ccc3c(cnn3C)c2)C1Cl. The monoisotopic (exact) mass is 628 g/mol. The Morgan fingerprint density at radius 2 is 2.04 bits per heavy atom. The molecule has 2 aliphatic carbocycles. The zero-order valence-electron chi connectivity index (χ0n) is 25.8. The molecule has 1 spiro atoms. The van der Waals surface area contributed by atoms with E-state index < -0.39 is 23.0 Å². The smallest absolute Gasteiger partial charge is 0.345 e. The number of likely N-dealkylation sites (tertiary alicyclic amines) is 1. The number of amides is 2. The lowest BCUT2D eigenvalue weighted by molar-refractivity contribution is -0.118. The molecule has 3 heterocycles. The number of benzene rings is 1. The minimum atomic E-state index is -0.645. The van der Waals surface area contributed by atoms with Gasteiger partial charge in [-0.05, 0) is 57.4 Å². The number of hydrogen-bond acceptors (Lipinski definition) is 6. The Morgan fingerprint density at radius 1 is 1.24 bits per heavy atom. The molecule has 13 heteroatoms. The van der Waals surface area contributed by atoms with Crippen LogP contribution in [-0.2, 0) is 11.8 Å². The van der Waals surface area contributed by atoms with E-state index >= 15 is 0 Å². The molecule has 5 N–H and O–H groups in total. The van der Waals surface area contributed by atoms with Crippen molar-refractivity contribution >= 4 is 64.0 Å². The summed E-state index contributed by atoms with van der Waals surface area (Å²) in [5.74, 6) is -0.0816. The highest BCUT2D eigenvalue weighted by Gasteiger charge is 2.52. The van der Waals surface area contributed by atoms with Gasteiger partial charge in [0, 0.05) is 60.3 Å². The van der Waals surface area contributed by atoms with Crippen LogP contribution in [0.4, 0.5) is 4.79 Å². The van der Waals surface area contributed by atoms with Crippen LogP contribution in [0.5, 0.6) is 0 Å². The van der Waals surface area contributed by atoms with Crippen LogP contribution >= 0.6 is 11.6 Å². The number of nitrogens with one attached hydrogen (secondary N) is 1. The molecule has 2 fully saturated rings. The maximum atomic E-state index is 13.6. The van der Waals surface area contributed by atoms with E-state index in [9.17, 15) is 9.59 Å². The molecule has 45 heavy (non-hydrogen) atoms. The van der Waals surface area contributed by atoms with Crippen LogP contribution in [-0.4, -0.2) is 78.1 Å². The minimum absolute atomic E-state index is 0.0188. The molecule has 12 nitrogen and oxygen atoms in total. The Hall–Kier alpha value is -4.58. The summed E-state index contributed by atoms with van der Waals surface area (Å²) in [5, 5.41) is 12.3. The molecule has 3 aliphatic rings. The van der Waals surface area contributed by atoms with Crippen molar-refractivity contribution in [2.45, 2.75) is 69.3 Å². The van der Waals surface area contributed by atoms with Gasteiger partial charge in [-0.3, -0.25) is 19.6 Å². The number of alkyl halides is 1. The average molecular weight is 629 g/mol. The molecule has 4 unspecified atom stereocenters. The molecule has 1 aliphatic heterocycles. The molecule has 0 bridgehead atoms. The van der Waals surface area contributed by atoms with Gasteiger partial charge in [-0.1, -0.05) is 11.6 Å². The molecular formula is C32H37ClN10O2. The van der Waals surface area contributed by atoms with Crippen molar-refractivity contribution in [2.75, 3.05) is 6.54 Å². The van der Waals surface area contributed by atoms with E-state index in [1.54, 1.807) is 24.2 Å². The maximum absolute atomic E-state index is 13.6. The van der Waals surface area contributed by atoms with E-state index in [1.165, 1.54) is 0 Å². The summed E-state index contributed by atoms with van der Waals surface area (Å²) in [6, 6.07) is 4.88. The van der Waals surface area contributed by atoms with Crippen molar-refractivity contribution < 1.29 is 9.59 Å². The number of halogens is 1. The Bertz CT molecular complexity index is 1840. The number of hydrogen-bond donors (Lipinski definition) is 3. The number of carbonyl (C=O) groups is 2. The van der Waals surface area contributed by atoms with Crippen molar-refractivity contribution in [3.05, 3.63) is 58.6 Å². The predicted molar refractivity (Wildman–Crippen MR) is 177 cm³/mol. The highest BCUT2D eigenvalue weighted by atomic mass is 35.5. The van der Waals surface area contributed by atoms with Crippen LogP contribution in [0.15, 0.2) is 56.7 Å². The molecule has 234 valence electrons. The molecule has 1 saturated carbocycles. The van der Waals surface area contributed by atoms with Gasteiger partial charge in [0.25, 0.3) is 0 Å². The zero-order chi connectivity index (χ0) is 32.0. The van der Waals surface area contributed by atoms with Gasteiger partial charge in [0.05, 0.1) is 40.4 Å². The molecule has 6 rings (SSSR count). The summed E-state index contributed by atoms with van der Waals surface area (Å²) in [5.41, 5.74) is 18.4. The number of carbonyl (C=O) groups excluding carboxylic acids is 2. The first-order chi connectivity index (χ1) is 21.5. The molecule has 1 aromatic carbocycles. The van der Waals surface area contributed by atoms with Gasteiger partial charge in [-0.2, -0.15) is 15.2 Å². The van der Waals surface area contributed by atoms with Crippen LogP contribution in [0.25, 0.3) is 22.7 Å². The molecule has 3 aromatic rings. The van der Waals surface area contributed by atoms with E-state index in [1.807, 2.05) is 49.9 Å². The molecule has 2 amide bonds. The number of aromatic amines is 1. The molecule has 0 radical (unpaired) electrons. The second kappa shape index (κ2) is 11.7. The zero-order valence-corrected chi connectivity index (χ0v) is 26.5. The van der Waals surface area contributed by atoms with Gasteiger partial charge >= 0.3 is 6.03 Å². The van der Waals surface area contributed by atoms with Crippen LogP contribution in [0.3, 0.4) is 0 Å². The summed E-state index contributed by atoms with van der Waals surface area (Å²) in [6.07, 6.45) is 8.85. The number of aryl methyl sites for hydroxylation is 1. The van der Waals surface area contributed by atoms with Gasteiger partial charge < -0.3 is 16.4 Å². The summed E-state index contributed by atoms with van der Waals surface area (Å²) in [6.45, 7) is 6.00. The molecule has 4 atom stereocenters. The number of nitrogens with two attached hydrogens (primary N) is 2. The third-order valence-electron chi connectivity index (χ3n) is 9.24. The highest BCUT2D eigenvalue weighted by molar-refractivity contribution is 6.25. The quantitative estimate of drug-likeness (QED) is 0.215. The molecular weight excluding hydrogens is 592 g/mol. The summed E-state index contributed by atoms with van der Waals surface area (Å²) >= 11 is 7.14. The van der Waals surface area contributed by atoms with Gasteiger partial charge in [0.15, 0.2) is 5.78 Å². The first kappa shape index (κ1) is 30.4. The Balaban J connectivity index is 1.40. The first-order valence-electron chi connectivity index (χ1n) is 15.0. The second-order valence-electron chi connectivity index (χ2n) is 12.2. The number of aliphatic imine (C=N–C) groups is 3. The Kier molecular flexibility index (Phi) is 7.94. The van der Waals surface area contributed by atoms with Crippen LogP contribution in [0, 0.1) is 0 Å². The van der Waals surface area contributed by atoms with Crippen LogP contribution < -0.4 is 11.5 Å². The average Bonchev–Trinajstić information content (AvgIpc) is 3.78. The standard InChI is InChI=1S/C32H37ClN10O2/c1-17-10-23-22(15-38-41-23)28(29(17)33)27(30(35)20-6-7-25-21(11-20)14-39-42(25)4)18(2)40-24-12-32(13-26(24)44)8-5-9-43(32)31(45)37-16-36-19(3)34/h6-7,10-11,14-16,24,28-29H,5,8-9,12-13,35H2,1-4H3,(H,38,41)(H2,34,36,37,45)/b30-27+,40-18?. The molecule has 2 aromatic heterocycles. The van der Waals surface area contributed by atoms with E-state index in [2.05, 4.69) is 25.3 Å². The fourth-order valence-corrected chi connectivity index (χ4v) is 7.38. The number of amidine groups is 1. The fraction of sp³-hybridized carbons (Fsp3) is 0.406. The number of nitrogens with zero attached hydrogens (tertiary/aromatic N) is 7. The van der Waals surface area contributed by atoms with Crippen molar-refractivity contribution in [3.8, 4) is 0 Å². The van der Waals surface area contributed by atoms with E-state index in [0.717, 1.165) is 51.6 Å². The largest absolute Gasteiger partial charge is 0.398 e. The third-order valence-corrected chi connectivity index (χ3v) is 9.83. The lowest BCUT2D eigenvalue weighted by Gasteiger charge is -2.33. The van der Waals surface area contributed by atoms with Gasteiger partial charge in [0.1, 0.15) is 12.4 Å². The number of Topliss-reactive ketones (excluding diaryl/α,β-unsaturated/α-hetero) is 1. The number of aromatic nitrogens is 4. The number of fused-ring (bicyclic) bond motifs is 2. The lowest BCUT2D eigenvalue weighted by atomic mass is 9.78. The Labute approximate surface area is 266 Å². The van der Waals surface area contributed by atoms with Gasteiger partial charge in [-0.15, -0.1) is 11.6 Å². The van der Waals surface area contributed by atoms with Gasteiger partial charge in [0.2, 0.25) is 0 Å². The van der Waals surface area contributed by atoms with Crippen molar-refractivity contribution in [1.82, 2.24) is 24.9 Å². The van der Waals surface area contributed by atoms with Crippen molar-refractivity contribution in [1.29, 1.82) is 0 Å². The van der Waals surface area contributed by atoms with E-state index in [4.69, 9.17) is 28.1 Å². The number of urea groups is 1. The van der Waals surface area contributed by atoms with E-state index in [-0.39, 0.29) is 18.1 Å². The van der Waals surface area contributed by atoms with Gasteiger partial charge in [-0.25, -0.2) is 9.79 Å². The number of ketones is 1. The molecule has 1 saturated heterocycles. The minimum Gasteiger partial charge on any atom is -0.398 e. The third kappa shape index (κ3) is 5.47. The Morgan fingerprint density at radius 3 is 2.82 bits per heavy atom. The maximum Gasteiger partial charge on any atom is 0.345 e. The summed E-state index contributed by atoms with van der Waals surface area (Å²) in [7, 11) is 1.89. The highest BCUT2D eigenvalue weighted by Crippen LogP contribution is 2.45. The van der Waals surface area contributed by atoms with E-state index in [0.29, 0.717) is 36.6 Å². The normalized spacial score (nSPS) is 26.2. The number of H-pyrrole nitrogens is 1. The second-order valence-corrected chi connectivity index (χ2v) is 12.7. The summed E-state index contributed by atoms with van der Waals surface area (Å²) in [4.78, 5) is 41.2. The lowest BCUT2D eigenvalue weighted by Crippen LogP contribution is -2.44. The van der Waals surface area contributed by atoms with Crippen molar-refractivity contribution in [3.63, 3.8) is 0 Å². The predicted octanol–water partition coefficient (Wildman–Crippen LogP) is 4.33. The fourth-order valence-electron chi connectivity index (χ4n) is 7.05. The number of rotatable bonds is 5. The summed E-state index contributed by atoms with van der Waals surface area (Å²) < 4.78 is 1.81. The van der Waals surface area contributed by atoms with Crippen molar-refractivity contribution in [2.24, 2.45) is 33.5 Å². The topological polar surface area (TPSA) is 173 Å². The first-order valence-corrected chi connectivity index (χ1v) is 15.4. The van der Waals surface area contributed by atoms with Crippen LogP contribution in [0.1, 0.15) is 69.2 Å². The van der Waals surface area contributed by atoms with Crippen LogP contribution in [0.2, 0.25) is 0 Å². The number of allylic oxidation sites excluding steroid dienone is 2.